The van der Waals surface area contributed by atoms with Crippen LogP contribution in [-0.2, 0) is 19.6 Å². The van der Waals surface area contributed by atoms with Crippen LogP contribution in [0.4, 0.5) is 0 Å². The predicted octanol–water partition coefficient (Wildman–Crippen LogP) is 1.47. The second kappa shape index (κ2) is 11.6. The van der Waals surface area contributed by atoms with Crippen molar-refractivity contribution >= 4 is 27.7 Å². The summed E-state index contributed by atoms with van der Waals surface area (Å²) in [6, 6.07) is 5.97. The minimum Gasteiger partial charge on any atom is -0.353 e. The van der Waals surface area contributed by atoms with E-state index in [4.69, 9.17) is 0 Å². The zero-order chi connectivity index (χ0) is 24.7. The average molecular weight is 491 g/mol. The molecule has 2 aliphatic heterocycles. The van der Waals surface area contributed by atoms with E-state index in [1.807, 2.05) is 4.90 Å². The lowest BCUT2D eigenvalue weighted by molar-refractivity contribution is -0.135. The molecule has 186 valence electrons. The van der Waals surface area contributed by atoms with E-state index in [0.29, 0.717) is 44.5 Å². The van der Waals surface area contributed by atoms with E-state index in [-0.39, 0.29) is 35.1 Å². The molecule has 1 aromatic rings. The number of carbonyl (C=O) groups excluding carboxylic acids is 3. The van der Waals surface area contributed by atoms with Gasteiger partial charge >= 0.3 is 0 Å². The van der Waals surface area contributed by atoms with Crippen molar-refractivity contribution in [2.45, 2.75) is 37.0 Å². The summed E-state index contributed by atoms with van der Waals surface area (Å²) >= 11 is 0. The van der Waals surface area contributed by atoms with Gasteiger partial charge in [0.2, 0.25) is 21.8 Å². The fraction of sp³-hybridized carbons (Fsp3) is 0.542. The van der Waals surface area contributed by atoms with E-state index in [0.717, 1.165) is 25.9 Å². The summed E-state index contributed by atoms with van der Waals surface area (Å²) in [4.78, 5) is 40.5. The maximum atomic E-state index is 12.9. The number of hydrogen-bond donors (Lipinski definition) is 1. The Bertz CT molecular complexity index is 995. The molecule has 3 rings (SSSR count). The smallest absolute Gasteiger partial charge is 0.253 e. The highest BCUT2D eigenvalue weighted by Crippen LogP contribution is 2.24. The largest absolute Gasteiger partial charge is 0.353 e. The molecule has 0 aliphatic carbocycles. The number of piperidine rings is 1. The first-order valence-electron chi connectivity index (χ1n) is 11.8. The van der Waals surface area contributed by atoms with E-state index in [1.165, 1.54) is 41.7 Å². The van der Waals surface area contributed by atoms with Gasteiger partial charge < -0.3 is 15.1 Å². The summed E-state index contributed by atoms with van der Waals surface area (Å²) < 4.78 is 26.8. The van der Waals surface area contributed by atoms with Gasteiger partial charge in [-0.15, -0.1) is 0 Å². The minimum atomic E-state index is -3.70. The monoisotopic (exact) mass is 490 g/mol. The lowest BCUT2D eigenvalue weighted by Gasteiger charge is -2.33. The van der Waals surface area contributed by atoms with Crippen molar-refractivity contribution in [3.63, 3.8) is 0 Å². The number of hydrogen-bond acceptors (Lipinski definition) is 5. The maximum absolute atomic E-state index is 12.9. The Morgan fingerprint density at radius 2 is 1.68 bits per heavy atom. The van der Waals surface area contributed by atoms with Gasteiger partial charge in [0.05, 0.1) is 4.90 Å². The van der Waals surface area contributed by atoms with Crippen molar-refractivity contribution in [1.82, 2.24) is 19.4 Å². The molecular weight excluding hydrogens is 456 g/mol. The van der Waals surface area contributed by atoms with Crippen molar-refractivity contribution in [3.05, 3.63) is 42.5 Å². The van der Waals surface area contributed by atoms with Crippen LogP contribution < -0.4 is 5.32 Å². The van der Waals surface area contributed by atoms with Crippen LogP contribution in [0.5, 0.6) is 0 Å². The second-order valence-corrected chi connectivity index (χ2v) is 10.8. The van der Waals surface area contributed by atoms with Crippen LogP contribution in [0, 0.1) is 5.92 Å². The Hall–Kier alpha value is -2.72. The summed E-state index contributed by atoms with van der Waals surface area (Å²) in [6.07, 6.45) is 5.08. The summed E-state index contributed by atoms with van der Waals surface area (Å²) in [5.41, 5.74) is 0.429. The fourth-order valence-corrected chi connectivity index (χ4v) is 5.57. The van der Waals surface area contributed by atoms with Gasteiger partial charge in [0, 0.05) is 57.8 Å². The molecule has 0 saturated carbocycles. The second-order valence-electron chi connectivity index (χ2n) is 8.80. The Balaban J connectivity index is 1.52. The molecule has 2 saturated heterocycles. The van der Waals surface area contributed by atoms with Gasteiger partial charge in [0.15, 0.2) is 0 Å². The lowest BCUT2D eigenvalue weighted by atomic mass is 9.95. The Labute approximate surface area is 201 Å². The molecule has 0 aromatic heterocycles. The van der Waals surface area contributed by atoms with Gasteiger partial charge in [0.25, 0.3) is 5.91 Å². The third-order valence-electron chi connectivity index (χ3n) is 6.49. The molecule has 2 aliphatic rings. The van der Waals surface area contributed by atoms with Crippen molar-refractivity contribution in [2.24, 2.45) is 5.92 Å². The molecule has 3 amide bonds. The molecule has 2 heterocycles. The van der Waals surface area contributed by atoms with Crippen molar-refractivity contribution < 1.29 is 22.8 Å². The minimum absolute atomic E-state index is 0.0182. The van der Waals surface area contributed by atoms with Gasteiger partial charge in [-0.25, -0.2) is 12.7 Å². The Morgan fingerprint density at radius 3 is 2.26 bits per heavy atom. The highest BCUT2D eigenvalue weighted by Gasteiger charge is 2.31. The molecule has 10 heteroatoms. The molecule has 2 fully saturated rings. The van der Waals surface area contributed by atoms with E-state index in [9.17, 15) is 22.8 Å². The number of rotatable bonds is 9. The van der Waals surface area contributed by atoms with E-state index in [2.05, 4.69) is 11.9 Å². The standard InChI is InChI=1S/C24H34N4O5S/c1-3-22(29)25-13-6-14-26(2)34(32,33)21-9-7-19(8-10-21)23(30)28-17-11-20(12-18-28)24(31)27-15-4-5-16-27/h3,7-10,20H,1,4-6,11-18H2,2H3,(H,25,29). The fourth-order valence-electron chi connectivity index (χ4n) is 4.36. The van der Waals surface area contributed by atoms with Gasteiger partial charge in [-0.3, -0.25) is 14.4 Å². The third kappa shape index (κ3) is 6.24. The molecule has 0 bridgehead atoms. The number of sulfonamides is 1. The van der Waals surface area contributed by atoms with E-state index in [1.54, 1.807) is 4.90 Å². The van der Waals surface area contributed by atoms with Crippen LogP contribution in [-0.4, -0.2) is 86.6 Å². The topological polar surface area (TPSA) is 107 Å². The van der Waals surface area contributed by atoms with Crippen LogP contribution in [0.3, 0.4) is 0 Å². The predicted molar refractivity (Wildman–Crippen MR) is 129 cm³/mol. The van der Waals surface area contributed by atoms with E-state index >= 15 is 0 Å². The zero-order valence-electron chi connectivity index (χ0n) is 19.7. The summed E-state index contributed by atoms with van der Waals surface area (Å²) in [5, 5.41) is 2.61. The van der Waals surface area contributed by atoms with Crippen LogP contribution in [0.15, 0.2) is 41.8 Å². The Morgan fingerprint density at radius 1 is 1.06 bits per heavy atom. The van der Waals surface area contributed by atoms with Crippen LogP contribution in [0.25, 0.3) is 0 Å². The first-order chi connectivity index (χ1) is 16.2. The van der Waals surface area contributed by atoms with Gasteiger partial charge in [-0.2, -0.15) is 0 Å². The molecule has 0 atom stereocenters. The number of amides is 3. The third-order valence-corrected chi connectivity index (χ3v) is 8.36. The molecule has 34 heavy (non-hydrogen) atoms. The molecule has 0 spiro atoms. The first kappa shape index (κ1) is 25.9. The van der Waals surface area contributed by atoms with E-state index < -0.39 is 10.0 Å². The molecule has 0 unspecified atom stereocenters. The highest BCUT2D eigenvalue weighted by atomic mass is 32.2. The molecule has 1 aromatic carbocycles. The maximum Gasteiger partial charge on any atom is 0.253 e. The van der Waals surface area contributed by atoms with Crippen LogP contribution in [0.2, 0.25) is 0 Å². The lowest BCUT2D eigenvalue weighted by Crippen LogP contribution is -2.43. The normalized spacial score (nSPS) is 17.1. The van der Waals surface area contributed by atoms with Gasteiger partial charge in [-0.05, 0) is 62.4 Å². The number of likely N-dealkylation sites (tertiary alicyclic amines) is 2. The van der Waals surface area contributed by atoms with Crippen LogP contribution in [0.1, 0.15) is 42.5 Å². The number of carbonyl (C=O) groups is 3. The summed E-state index contributed by atoms with van der Waals surface area (Å²) in [5.74, 6) is -0.253. The molecule has 1 N–H and O–H groups in total. The average Bonchev–Trinajstić information content (AvgIpc) is 3.40. The number of nitrogens with one attached hydrogen (secondary N) is 1. The van der Waals surface area contributed by atoms with Crippen LogP contribution >= 0.6 is 0 Å². The molecular formula is C24H34N4O5S. The van der Waals surface area contributed by atoms with Crippen molar-refractivity contribution in [3.8, 4) is 0 Å². The summed E-state index contributed by atoms with van der Waals surface area (Å²) in [7, 11) is -2.22. The summed E-state index contributed by atoms with van der Waals surface area (Å²) in [6.45, 7) is 6.68. The van der Waals surface area contributed by atoms with Gasteiger partial charge in [0.1, 0.15) is 0 Å². The number of nitrogens with zero attached hydrogens (tertiary/aromatic N) is 3. The highest BCUT2D eigenvalue weighted by molar-refractivity contribution is 7.89. The molecule has 0 radical (unpaired) electrons. The van der Waals surface area contributed by atoms with Gasteiger partial charge in [-0.1, -0.05) is 6.58 Å². The zero-order valence-corrected chi connectivity index (χ0v) is 20.6. The first-order valence-corrected chi connectivity index (χ1v) is 13.2. The SMILES string of the molecule is C=CC(=O)NCCCN(C)S(=O)(=O)c1ccc(C(=O)N2CCC(C(=O)N3CCCC3)CC2)cc1. The number of benzene rings is 1. The quantitative estimate of drug-likeness (QED) is 0.417. The van der Waals surface area contributed by atoms with Crippen molar-refractivity contribution in [2.75, 3.05) is 46.3 Å². The van der Waals surface area contributed by atoms with Crippen molar-refractivity contribution in [1.29, 1.82) is 0 Å². The molecule has 9 nitrogen and oxygen atoms in total. The Kier molecular flexibility index (Phi) is 8.84.